The summed E-state index contributed by atoms with van der Waals surface area (Å²) in [6.07, 6.45) is 0. The zero-order valence-corrected chi connectivity index (χ0v) is 12.0. The van der Waals surface area contributed by atoms with Crippen molar-refractivity contribution in [2.75, 3.05) is 12.4 Å². The molecule has 2 rings (SSSR count). The number of para-hydroxylation sites is 2. The number of carbonyl (C=O) groups excluding carboxylic acids is 1. The first-order chi connectivity index (χ1) is 10.6. The van der Waals surface area contributed by atoms with Crippen molar-refractivity contribution in [2.24, 2.45) is 0 Å². The molecular formula is C16H16N2O4. The SMILES string of the molecule is COc1ccccc1NC(=O)NCc1cccc(C(=O)O)c1. The lowest BCUT2D eigenvalue weighted by Crippen LogP contribution is -2.28. The Kier molecular flexibility index (Phi) is 4.98. The number of hydrogen-bond donors (Lipinski definition) is 3. The van der Waals surface area contributed by atoms with Gasteiger partial charge < -0.3 is 20.5 Å². The highest BCUT2D eigenvalue weighted by molar-refractivity contribution is 5.91. The maximum absolute atomic E-state index is 11.9. The van der Waals surface area contributed by atoms with Crippen LogP contribution in [-0.2, 0) is 6.54 Å². The Bertz CT molecular complexity index is 685. The van der Waals surface area contributed by atoms with E-state index in [1.807, 2.05) is 0 Å². The molecule has 2 aromatic carbocycles. The number of urea groups is 1. The third kappa shape index (κ3) is 3.99. The van der Waals surface area contributed by atoms with E-state index < -0.39 is 12.0 Å². The van der Waals surface area contributed by atoms with Crippen LogP contribution >= 0.6 is 0 Å². The normalized spacial score (nSPS) is 9.86. The van der Waals surface area contributed by atoms with E-state index >= 15 is 0 Å². The molecule has 0 aromatic heterocycles. The van der Waals surface area contributed by atoms with Crippen LogP contribution in [0.2, 0.25) is 0 Å². The molecule has 0 unspecified atom stereocenters. The van der Waals surface area contributed by atoms with E-state index in [0.29, 0.717) is 17.0 Å². The molecule has 2 aromatic rings. The summed E-state index contributed by atoms with van der Waals surface area (Å²) in [6.45, 7) is 0.224. The van der Waals surface area contributed by atoms with E-state index in [-0.39, 0.29) is 12.1 Å². The van der Waals surface area contributed by atoms with Crippen LogP contribution in [0, 0.1) is 0 Å². The van der Waals surface area contributed by atoms with Crippen LogP contribution in [0.15, 0.2) is 48.5 Å². The van der Waals surface area contributed by atoms with Crippen molar-refractivity contribution in [2.45, 2.75) is 6.54 Å². The second-order valence-corrected chi connectivity index (χ2v) is 4.51. The number of carbonyl (C=O) groups is 2. The summed E-state index contributed by atoms with van der Waals surface area (Å²) in [7, 11) is 1.52. The smallest absolute Gasteiger partial charge is 0.335 e. The summed E-state index contributed by atoms with van der Waals surface area (Å²) in [5.41, 5.74) is 1.45. The highest BCUT2D eigenvalue weighted by Crippen LogP contribution is 2.22. The number of benzene rings is 2. The molecule has 0 saturated carbocycles. The Morgan fingerprint density at radius 1 is 1.14 bits per heavy atom. The van der Waals surface area contributed by atoms with E-state index in [4.69, 9.17) is 9.84 Å². The molecule has 0 heterocycles. The lowest BCUT2D eigenvalue weighted by Gasteiger charge is -2.11. The first kappa shape index (κ1) is 15.4. The highest BCUT2D eigenvalue weighted by Gasteiger charge is 2.07. The molecule has 0 radical (unpaired) electrons. The summed E-state index contributed by atoms with van der Waals surface area (Å²) in [6, 6.07) is 13.1. The van der Waals surface area contributed by atoms with Gasteiger partial charge in [-0.15, -0.1) is 0 Å². The van der Waals surface area contributed by atoms with Crippen LogP contribution in [0.3, 0.4) is 0 Å². The number of amides is 2. The van der Waals surface area contributed by atoms with Crippen molar-refractivity contribution < 1.29 is 19.4 Å². The van der Waals surface area contributed by atoms with Crippen LogP contribution in [0.4, 0.5) is 10.5 Å². The molecule has 0 fully saturated rings. The number of carboxylic acids is 1. The van der Waals surface area contributed by atoms with Crippen molar-refractivity contribution in [1.29, 1.82) is 0 Å². The number of methoxy groups -OCH3 is 1. The lowest BCUT2D eigenvalue weighted by molar-refractivity contribution is 0.0696. The first-order valence-electron chi connectivity index (χ1n) is 6.60. The highest BCUT2D eigenvalue weighted by atomic mass is 16.5. The molecule has 0 saturated heterocycles. The summed E-state index contributed by atoms with van der Waals surface area (Å²) in [5.74, 6) is -0.439. The molecule has 114 valence electrons. The van der Waals surface area contributed by atoms with Gasteiger partial charge in [-0.25, -0.2) is 9.59 Å². The first-order valence-corrected chi connectivity index (χ1v) is 6.60. The van der Waals surface area contributed by atoms with Gasteiger partial charge in [-0.2, -0.15) is 0 Å². The van der Waals surface area contributed by atoms with Gasteiger partial charge in [-0.05, 0) is 29.8 Å². The minimum Gasteiger partial charge on any atom is -0.495 e. The van der Waals surface area contributed by atoms with Crippen LogP contribution in [-0.4, -0.2) is 24.2 Å². The zero-order chi connectivity index (χ0) is 15.9. The lowest BCUT2D eigenvalue weighted by atomic mass is 10.1. The van der Waals surface area contributed by atoms with Gasteiger partial charge in [-0.1, -0.05) is 24.3 Å². The van der Waals surface area contributed by atoms with Crippen LogP contribution in [0.25, 0.3) is 0 Å². The number of aromatic carboxylic acids is 1. The zero-order valence-electron chi connectivity index (χ0n) is 12.0. The van der Waals surface area contributed by atoms with Crippen LogP contribution in [0.1, 0.15) is 15.9 Å². The summed E-state index contributed by atoms with van der Waals surface area (Å²) < 4.78 is 5.14. The summed E-state index contributed by atoms with van der Waals surface area (Å²) in [4.78, 5) is 22.8. The predicted molar refractivity (Wildman–Crippen MR) is 82.3 cm³/mol. The van der Waals surface area contributed by atoms with E-state index in [0.717, 1.165) is 0 Å². The molecule has 0 spiro atoms. The fourth-order valence-corrected chi connectivity index (χ4v) is 1.91. The number of ether oxygens (including phenoxy) is 1. The molecule has 6 nitrogen and oxygen atoms in total. The van der Waals surface area contributed by atoms with Gasteiger partial charge >= 0.3 is 12.0 Å². The second-order valence-electron chi connectivity index (χ2n) is 4.51. The average molecular weight is 300 g/mol. The fourth-order valence-electron chi connectivity index (χ4n) is 1.91. The molecule has 3 N–H and O–H groups in total. The third-order valence-corrected chi connectivity index (χ3v) is 2.98. The quantitative estimate of drug-likeness (QED) is 0.792. The van der Waals surface area contributed by atoms with E-state index in [9.17, 15) is 9.59 Å². The van der Waals surface area contributed by atoms with Gasteiger partial charge in [0.2, 0.25) is 0 Å². The van der Waals surface area contributed by atoms with Gasteiger partial charge in [0.15, 0.2) is 0 Å². The van der Waals surface area contributed by atoms with Gasteiger partial charge in [0.1, 0.15) is 5.75 Å². The number of nitrogens with one attached hydrogen (secondary N) is 2. The molecule has 6 heteroatoms. The predicted octanol–water partition coefficient (Wildman–Crippen LogP) is 2.72. The molecule has 2 amide bonds. The number of carboxylic acid groups (broad SMARTS) is 1. The molecule has 22 heavy (non-hydrogen) atoms. The molecular weight excluding hydrogens is 284 g/mol. The Morgan fingerprint density at radius 2 is 1.91 bits per heavy atom. The van der Waals surface area contributed by atoms with Crippen molar-refractivity contribution in [3.05, 3.63) is 59.7 Å². The molecule has 0 aliphatic rings. The number of rotatable bonds is 5. The summed E-state index contributed by atoms with van der Waals surface area (Å²) >= 11 is 0. The Hall–Kier alpha value is -3.02. The molecule has 0 atom stereocenters. The number of hydrogen-bond acceptors (Lipinski definition) is 3. The largest absolute Gasteiger partial charge is 0.495 e. The summed E-state index contributed by atoms with van der Waals surface area (Å²) in [5, 5.41) is 14.3. The van der Waals surface area contributed by atoms with Gasteiger partial charge in [0, 0.05) is 6.54 Å². The topological polar surface area (TPSA) is 87.7 Å². The van der Waals surface area contributed by atoms with Crippen molar-refractivity contribution in [1.82, 2.24) is 5.32 Å². The minimum atomic E-state index is -1.000. The Morgan fingerprint density at radius 3 is 2.64 bits per heavy atom. The van der Waals surface area contributed by atoms with Crippen molar-refractivity contribution >= 4 is 17.7 Å². The minimum absolute atomic E-state index is 0.185. The number of anilines is 1. The molecule has 0 aliphatic heterocycles. The van der Waals surface area contributed by atoms with Crippen LogP contribution < -0.4 is 15.4 Å². The fraction of sp³-hybridized carbons (Fsp3) is 0.125. The maximum Gasteiger partial charge on any atom is 0.335 e. The monoisotopic (exact) mass is 300 g/mol. The van der Waals surface area contributed by atoms with Crippen LogP contribution in [0.5, 0.6) is 5.75 Å². The van der Waals surface area contributed by atoms with Gasteiger partial charge in [0.25, 0.3) is 0 Å². The molecule has 0 bridgehead atoms. The van der Waals surface area contributed by atoms with Crippen molar-refractivity contribution in [3.8, 4) is 5.75 Å². The van der Waals surface area contributed by atoms with E-state index in [2.05, 4.69) is 10.6 Å². The Labute approximate surface area is 127 Å². The average Bonchev–Trinajstić information content (AvgIpc) is 2.53. The maximum atomic E-state index is 11.9. The van der Waals surface area contributed by atoms with Crippen molar-refractivity contribution in [3.63, 3.8) is 0 Å². The third-order valence-electron chi connectivity index (χ3n) is 2.98. The van der Waals surface area contributed by atoms with Gasteiger partial charge in [0.05, 0.1) is 18.4 Å². The van der Waals surface area contributed by atoms with E-state index in [1.54, 1.807) is 36.4 Å². The standard InChI is InChI=1S/C16H16N2O4/c1-22-14-8-3-2-7-13(14)18-16(21)17-10-11-5-4-6-12(9-11)15(19)20/h2-9H,10H2,1H3,(H,19,20)(H2,17,18,21). The van der Waals surface area contributed by atoms with Gasteiger partial charge in [-0.3, -0.25) is 0 Å². The second kappa shape index (κ2) is 7.12. The molecule has 0 aliphatic carbocycles. The Balaban J connectivity index is 1.95. The van der Waals surface area contributed by atoms with E-state index in [1.165, 1.54) is 19.2 Å².